The van der Waals surface area contributed by atoms with E-state index in [2.05, 4.69) is 96.8 Å². The molecule has 3 aromatic carbocycles. The van der Waals surface area contributed by atoms with Crippen molar-refractivity contribution in [1.29, 1.82) is 0 Å². The summed E-state index contributed by atoms with van der Waals surface area (Å²) in [6.07, 6.45) is 9.71. The van der Waals surface area contributed by atoms with Crippen molar-refractivity contribution in [1.82, 2.24) is 0 Å². The quantitative estimate of drug-likeness (QED) is 0.446. The molecule has 3 aromatic rings. The first-order valence-corrected chi connectivity index (χ1v) is 12.7. The Morgan fingerprint density at radius 2 is 1.04 bits per heavy atom. The summed E-state index contributed by atoms with van der Waals surface area (Å²) in [6, 6.07) is 33.6. The van der Waals surface area contributed by atoms with Crippen molar-refractivity contribution in [3.8, 4) is 0 Å². The second kappa shape index (κ2) is 9.44. The van der Waals surface area contributed by atoms with Gasteiger partial charge in [-0.15, -0.1) is 0 Å². The maximum absolute atomic E-state index is 2.71. The van der Waals surface area contributed by atoms with Gasteiger partial charge in [-0.1, -0.05) is 129 Å². The van der Waals surface area contributed by atoms with Gasteiger partial charge in [0.25, 0.3) is 0 Å². The van der Waals surface area contributed by atoms with Gasteiger partial charge in [0.05, 0.1) is 0 Å². The lowest BCUT2D eigenvalue weighted by Gasteiger charge is -2.29. The predicted octanol–water partition coefficient (Wildman–Crippen LogP) is 6.14. The Hall–Kier alpha value is -2.04. The van der Waals surface area contributed by atoms with Crippen LogP contribution in [0.5, 0.6) is 0 Å². The Morgan fingerprint density at radius 3 is 1.46 bits per heavy atom. The van der Waals surface area contributed by atoms with Crippen molar-refractivity contribution in [2.75, 3.05) is 0 Å². The lowest BCUT2D eigenvalue weighted by Crippen LogP contribution is -2.27. The Bertz CT molecular complexity index is 787. The second-order valence-corrected chi connectivity index (χ2v) is 11.4. The fourth-order valence-electron chi connectivity index (χ4n) is 4.73. The highest BCUT2D eigenvalue weighted by molar-refractivity contribution is 7.94. The summed E-state index contributed by atoms with van der Waals surface area (Å²) >= 11 is 0. The molecule has 0 spiro atoms. The van der Waals surface area contributed by atoms with Crippen LogP contribution in [0.4, 0.5) is 0 Å². The van der Waals surface area contributed by atoms with Crippen LogP contribution >= 0.6 is 6.89 Å². The molecule has 0 aromatic heterocycles. The van der Waals surface area contributed by atoms with E-state index < -0.39 is 6.89 Å². The van der Waals surface area contributed by atoms with Gasteiger partial charge >= 0.3 is 0 Å². The monoisotopic (exact) mass is 386 g/mol. The molecule has 144 valence electrons. The zero-order valence-electron chi connectivity index (χ0n) is 16.7. The van der Waals surface area contributed by atoms with E-state index in [0.29, 0.717) is 0 Å². The van der Waals surface area contributed by atoms with Crippen LogP contribution in [-0.2, 0) is 0 Å². The fourth-order valence-corrected chi connectivity index (χ4v) is 8.72. The molecule has 28 heavy (non-hydrogen) atoms. The van der Waals surface area contributed by atoms with Crippen LogP contribution in [0, 0.1) is 5.92 Å². The minimum Gasteiger partial charge on any atom is -0.0742 e. The summed E-state index contributed by atoms with van der Waals surface area (Å²) < 4.78 is 0. The molecular formula is C27H31P. The van der Waals surface area contributed by atoms with Crippen LogP contribution in [0.25, 0.3) is 0 Å². The Kier molecular flexibility index (Phi) is 6.50. The smallest absolute Gasteiger partial charge is 0.0163 e. The Labute approximate surface area is 170 Å². The summed E-state index contributed by atoms with van der Waals surface area (Å²) in [5.74, 6) is 3.64. The molecule has 0 radical (unpaired) electrons. The van der Waals surface area contributed by atoms with Crippen LogP contribution in [0.15, 0.2) is 91.0 Å². The highest BCUT2D eigenvalue weighted by Gasteiger charge is 2.24. The van der Waals surface area contributed by atoms with Gasteiger partial charge in [0.15, 0.2) is 0 Å². The maximum atomic E-state index is 2.71. The first kappa shape index (κ1) is 19.3. The predicted molar refractivity (Wildman–Crippen MR) is 127 cm³/mol. The van der Waals surface area contributed by atoms with Gasteiger partial charge in [-0.05, 0) is 41.6 Å². The third kappa shape index (κ3) is 4.18. The average molecular weight is 387 g/mol. The molecule has 0 heterocycles. The largest absolute Gasteiger partial charge is 0.0742 e. The van der Waals surface area contributed by atoms with Gasteiger partial charge in [0, 0.05) is 0 Å². The lowest BCUT2D eigenvalue weighted by molar-refractivity contribution is 0.344. The molecule has 0 N–H and O–H groups in total. The van der Waals surface area contributed by atoms with E-state index in [4.69, 9.17) is 0 Å². The van der Waals surface area contributed by atoms with Gasteiger partial charge in [0.2, 0.25) is 0 Å². The molecule has 0 atom stereocenters. The van der Waals surface area contributed by atoms with E-state index in [1.165, 1.54) is 60.9 Å². The normalized spacial score (nSPS) is 15.3. The van der Waals surface area contributed by atoms with E-state index in [1.54, 1.807) is 0 Å². The lowest BCUT2D eigenvalue weighted by atomic mass is 9.86. The van der Waals surface area contributed by atoms with Crippen molar-refractivity contribution in [2.45, 2.75) is 44.9 Å². The van der Waals surface area contributed by atoms with E-state index >= 15 is 0 Å². The standard InChI is InChI=1S/C27H31P/c1-5-14-24(15-6-1)16-13-23-28(25-17-7-2-8-18-25,26-19-9-3-10-20-26)27-21-11-4-12-22-27/h2-4,7-12,17-24H,1,5-6,13-16H2. The van der Waals surface area contributed by atoms with E-state index in [9.17, 15) is 0 Å². The van der Waals surface area contributed by atoms with E-state index in [-0.39, 0.29) is 0 Å². The van der Waals surface area contributed by atoms with Gasteiger partial charge in [-0.2, -0.15) is 0 Å². The van der Waals surface area contributed by atoms with Gasteiger partial charge in [-0.25, -0.2) is 0 Å². The third-order valence-corrected chi connectivity index (χ3v) is 10.3. The molecule has 0 nitrogen and oxygen atoms in total. The molecule has 1 saturated carbocycles. The average Bonchev–Trinajstić information content (AvgIpc) is 2.79. The maximum Gasteiger partial charge on any atom is -0.0163 e. The molecule has 0 aliphatic heterocycles. The molecule has 1 fully saturated rings. The Balaban J connectivity index is 1.82. The van der Waals surface area contributed by atoms with Crippen molar-refractivity contribution >= 4 is 28.6 Å². The van der Waals surface area contributed by atoms with Crippen molar-refractivity contribution in [3.63, 3.8) is 0 Å². The highest BCUT2D eigenvalue weighted by Crippen LogP contribution is 2.44. The van der Waals surface area contributed by atoms with Crippen molar-refractivity contribution in [2.24, 2.45) is 5.92 Å². The van der Waals surface area contributed by atoms with Crippen LogP contribution in [-0.4, -0.2) is 5.80 Å². The fraction of sp³-hybridized carbons (Fsp3) is 0.296. The summed E-state index contributed by atoms with van der Waals surface area (Å²) in [6.45, 7) is -1.75. The third-order valence-electron chi connectivity index (χ3n) is 6.19. The van der Waals surface area contributed by atoms with Crippen molar-refractivity contribution < 1.29 is 0 Å². The van der Waals surface area contributed by atoms with Crippen LogP contribution in [0.2, 0.25) is 0 Å². The Morgan fingerprint density at radius 1 is 0.607 bits per heavy atom. The SMILES string of the molecule is C(CCC1CCCCC1)=P(c1ccccc1)(c1ccccc1)c1ccccc1. The highest BCUT2D eigenvalue weighted by atomic mass is 31.2. The molecule has 1 heteroatoms. The summed E-state index contributed by atoms with van der Waals surface area (Å²) in [5, 5.41) is 4.41. The number of hydrogen-bond donors (Lipinski definition) is 0. The van der Waals surface area contributed by atoms with Crippen LogP contribution in [0.3, 0.4) is 0 Å². The zero-order valence-corrected chi connectivity index (χ0v) is 17.6. The van der Waals surface area contributed by atoms with E-state index in [1.807, 2.05) is 0 Å². The first-order valence-electron chi connectivity index (χ1n) is 10.8. The van der Waals surface area contributed by atoms with Gasteiger partial charge in [-0.3, -0.25) is 0 Å². The zero-order chi connectivity index (χ0) is 19.1. The van der Waals surface area contributed by atoms with Crippen molar-refractivity contribution in [3.05, 3.63) is 91.0 Å². The summed E-state index contributed by atoms with van der Waals surface area (Å²) in [4.78, 5) is 0. The van der Waals surface area contributed by atoms with Gasteiger partial charge < -0.3 is 0 Å². The molecular weight excluding hydrogens is 355 g/mol. The minimum absolute atomic E-state index is 0.925. The number of hydrogen-bond acceptors (Lipinski definition) is 0. The molecule has 0 unspecified atom stereocenters. The topological polar surface area (TPSA) is 0 Å². The first-order chi connectivity index (χ1) is 13.9. The van der Waals surface area contributed by atoms with Crippen LogP contribution in [0.1, 0.15) is 44.9 Å². The van der Waals surface area contributed by atoms with Crippen LogP contribution < -0.4 is 15.9 Å². The number of rotatable bonds is 6. The summed E-state index contributed by atoms with van der Waals surface area (Å²) in [5.41, 5.74) is 0. The molecule has 0 saturated heterocycles. The van der Waals surface area contributed by atoms with Gasteiger partial charge in [0.1, 0.15) is 0 Å². The molecule has 0 bridgehead atoms. The number of benzene rings is 3. The second-order valence-electron chi connectivity index (χ2n) is 7.99. The molecule has 4 rings (SSSR count). The molecule has 1 aliphatic rings. The minimum atomic E-state index is -1.75. The molecule has 0 amide bonds. The van der Waals surface area contributed by atoms with E-state index in [0.717, 1.165) is 5.92 Å². The summed E-state index contributed by atoms with van der Waals surface area (Å²) in [7, 11) is 0. The molecule has 1 aliphatic carbocycles.